The first-order chi connectivity index (χ1) is 17.9. The average Bonchev–Trinajstić information content (AvgIpc) is 2.88. The molecule has 0 radical (unpaired) electrons. The van der Waals surface area contributed by atoms with Crippen molar-refractivity contribution in [3.05, 3.63) is 119 Å². The number of carbonyl (C=O) groups excluding carboxylic acids is 2. The van der Waals surface area contributed by atoms with Crippen molar-refractivity contribution in [1.82, 2.24) is 0 Å². The molecule has 0 saturated carbocycles. The molecule has 0 fully saturated rings. The fourth-order valence-electron chi connectivity index (χ4n) is 3.63. The number of hydrogen-bond acceptors (Lipinski definition) is 4. The van der Waals surface area contributed by atoms with Gasteiger partial charge in [-0.05, 0) is 96.4 Å². The third-order valence-electron chi connectivity index (χ3n) is 5.36. The normalized spacial score (nSPS) is 10.0. The maximum absolute atomic E-state index is 11.2. The van der Waals surface area contributed by atoms with E-state index < -0.39 is 0 Å². The van der Waals surface area contributed by atoms with Crippen LogP contribution in [-0.2, 0) is 9.59 Å². The molecule has 0 saturated heterocycles. The zero-order valence-corrected chi connectivity index (χ0v) is 22.4. The van der Waals surface area contributed by atoms with E-state index in [0.29, 0.717) is 0 Å². The van der Waals surface area contributed by atoms with E-state index in [1.54, 1.807) is 13.8 Å². The van der Waals surface area contributed by atoms with E-state index in [9.17, 15) is 9.59 Å². The smallest absolute Gasteiger partial charge is 0.190 e. The lowest BCUT2D eigenvalue weighted by Crippen LogP contribution is -1.86. The zero-order valence-electron chi connectivity index (χ0n) is 20.8. The van der Waals surface area contributed by atoms with Gasteiger partial charge in [0, 0.05) is 45.9 Å². The minimum absolute atomic E-state index is 0.0736. The molecule has 0 aliphatic carbocycles. The van der Waals surface area contributed by atoms with Crippen LogP contribution < -0.4 is 0 Å². The lowest BCUT2D eigenvalue weighted by molar-refractivity contribution is -0.109. The number of rotatable bonds is 3. The topological polar surface area (TPSA) is 34.1 Å². The first-order valence-corrected chi connectivity index (χ1v) is 13.3. The summed E-state index contributed by atoms with van der Waals surface area (Å²) in [6.07, 6.45) is 0. The van der Waals surface area contributed by atoms with Crippen LogP contribution in [0.5, 0.6) is 0 Å². The summed E-state index contributed by atoms with van der Waals surface area (Å²) in [7, 11) is 0. The van der Waals surface area contributed by atoms with Crippen LogP contribution in [0.15, 0.2) is 101 Å². The van der Waals surface area contributed by atoms with E-state index in [0.717, 1.165) is 48.7 Å². The summed E-state index contributed by atoms with van der Waals surface area (Å²) in [5.41, 5.74) is 7.17. The van der Waals surface area contributed by atoms with Gasteiger partial charge in [0.15, 0.2) is 10.2 Å². The van der Waals surface area contributed by atoms with Gasteiger partial charge >= 0.3 is 0 Å². The number of hydrogen-bond donors (Lipinski definition) is 0. The molecule has 0 bridgehead atoms. The van der Waals surface area contributed by atoms with Crippen LogP contribution in [0.1, 0.15) is 41.7 Å². The van der Waals surface area contributed by atoms with Crippen molar-refractivity contribution in [3.63, 3.8) is 0 Å². The van der Waals surface area contributed by atoms with Crippen molar-refractivity contribution in [3.8, 4) is 34.8 Å². The molecule has 0 unspecified atom stereocenters. The molecular weight excluding hydrogens is 492 g/mol. The summed E-state index contributed by atoms with van der Waals surface area (Å²) in [6, 6.07) is 29.9. The molecule has 180 valence electrons. The standard InChI is InChI=1S/C33H24O2S2/c1-23-22-29(7-6-28-12-19-32(20-13-28)37-25(3)35)14-21-33(23)30-15-8-26(9-16-30)4-5-27-10-17-31(18-11-27)36-24(2)34/h8-22H,1-3H3. The molecule has 2 nitrogen and oxygen atoms in total. The van der Waals surface area contributed by atoms with Gasteiger partial charge in [-0.3, -0.25) is 9.59 Å². The molecule has 4 aromatic rings. The van der Waals surface area contributed by atoms with E-state index in [2.05, 4.69) is 54.9 Å². The molecule has 4 heteroatoms. The van der Waals surface area contributed by atoms with Crippen LogP contribution in [0.2, 0.25) is 0 Å². The Kier molecular flexibility index (Phi) is 8.70. The van der Waals surface area contributed by atoms with Crippen LogP contribution in [0, 0.1) is 30.6 Å². The molecular formula is C33H24O2S2. The molecule has 4 rings (SSSR count). The van der Waals surface area contributed by atoms with E-state index in [1.807, 2.05) is 66.7 Å². The Morgan fingerprint density at radius 1 is 0.541 bits per heavy atom. The minimum atomic E-state index is 0.0736. The van der Waals surface area contributed by atoms with Crippen molar-refractivity contribution in [2.45, 2.75) is 30.6 Å². The molecule has 0 aromatic heterocycles. The van der Waals surface area contributed by atoms with Gasteiger partial charge in [-0.1, -0.05) is 65.4 Å². The minimum Gasteiger partial charge on any atom is -0.287 e. The Hall–Kier alpha value is -3.96. The Morgan fingerprint density at radius 2 is 0.919 bits per heavy atom. The summed E-state index contributed by atoms with van der Waals surface area (Å²) in [6.45, 7) is 5.22. The van der Waals surface area contributed by atoms with Crippen LogP contribution in [0.4, 0.5) is 0 Å². The van der Waals surface area contributed by atoms with Crippen molar-refractivity contribution in [1.29, 1.82) is 0 Å². The number of carbonyl (C=O) groups is 2. The van der Waals surface area contributed by atoms with Crippen LogP contribution in [-0.4, -0.2) is 10.2 Å². The highest BCUT2D eigenvalue weighted by atomic mass is 32.2. The maximum atomic E-state index is 11.2. The lowest BCUT2D eigenvalue weighted by atomic mass is 9.97. The Labute approximate surface area is 226 Å². The molecule has 0 heterocycles. The quantitative estimate of drug-likeness (QED) is 0.206. The average molecular weight is 517 g/mol. The zero-order chi connectivity index (χ0) is 26.2. The summed E-state index contributed by atoms with van der Waals surface area (Å²) < 4.78 is 0. The van der Waals surface area contributed by atoms with Gasteiger partial charge in [0.2, 0.25) is 0 Å². The molecule has 0 spiro atoms. The number of aryl methyl sites for hydroxylation is 1. The highest BCUT2D eigenvalue weighted by Gasteiger charge is 2.03. The Morgan fingerprint density at radius 3 is 1.32 bits per heavy atom. The number of benzene rings is 4. The summed E-state index contributed by atoms with van der Waals surface area (Å²) >= 11 is 2.44. The molecule has 0 amide bonds. The van der Waals surface area contributed by atoms with E-state index in [4.69, 9.17) is 0 Å². The summed E-state index contributed by atoms with van der Waals surface area (Å²) in [4.78, 5) is 24.3. The van der Waals surface area contributed by atoms with E-state index in [-0.39, 0.29) is 10.2 Å². The first-order valence-electron chi connectivity index (χ1n) is 11.7. The number of thioether (sulfide) groups is 2. The summed E-state index contributed by atoms with van der Waals surface area (Å²) in [5, 5.41) is 0.147. The highest BCUT2D eigenvalue weighted by Crippen LogP contribution is 2.25. The monoisotopic (exact) mass is 516 g/mol. The van der Waals surface area contributed by atoms with Crippen molar-refractivity contribution >= 4 is 33.8 Å². The third-order valence-corrected chi connectivity index (χ3v) is 6.95. The van der Waals surface area contributed by atoms with Gasteiger partial charge in [0.05, 0.1) is 0 Å². The van der Waals surface area contributed by atoms with E-state index in [1.165, 1.54) is 23.5 Å². The molecule has 0 N–H and O–H groups in total. The predicted octanol–water partition coefficient (Wildman–Crippen LogP) is 7.74. The second kappa shape index (κ2) is 12.3. The lowest BCUT2D eigenvalue weighted by Gasteiger charge is -2.07. The summed E-state index contributed by atoms with van der Waals surface area (Å²) in [5.74, 6) is 12.8. The SMILES string of the molecule is CC(=O)Sc1ccc(C#Cc2ccc(-c3ccc(C#Cc4ccc(SC(C)=O)cc4)cc3C)cc2)cc1. The Balaban J connectivity index is 1.43. The highest BCUT2D eigenvalue weighted by molar-refractivity contribution is 8.13. The van der Waals surface area contributed by atoms with Crippen molar-refractivity contribution in [2.75, 3.05) is 0 Å². The van der Waals surface area contributed by atoms with Gasteiger partial charge < -0.3 is 0 Å². The van der Waals surface area contributed by atoms with Crippen molar-refractivity contribution < 1.29 is 9.59 Å². The van der Waals surface area contributed by atoms with Crippen LogP contribution in [0.3, 0.4) is 0 Å². The Bertz CT molecular complexity index is 1560. The molecule has 0 atom stereocenters. The van der Waals surface area contributed by atoms with Gasteiger partial charge in [0.25, 0.3) is 0 Å². The second-order valence-corrected chi connectivity index (χ2v) is 10.8. The van der Waals surface area contributed by atoms with Gasteiger partial charge in [0.1, 0.15) is 0 Å². The molecule has 0 aliphatic heterocycles. The first kappa shape index (κ1) is 26.1. The fourth-order valence-corrected chi connectivity index (χ4v) is 4.84. The molecule has 4 aromatic carbocycles. The van der Waals surface area contributed by atoms with Gasteiger partial charge in [-0.15, -0.1) is 0 Å². The maximum Gasteiger partial charge on any atom is 0.190 e. The largest absolute Gasteiger partial charge is 0.287 e. The predicted molar refractivity (Wildman–Crippen MR) is 155 cm³/mol. The fraction of sp³-hybridized carbons (Fsp3) is 0.0909. The molecule has 0 aliphatic rings. The van der Waals surface area contributed by atoms with Gasteiger partial charge in [-0.2, -0.15) is 0 Å². The van der Waals surface area contributed by atoms with Gasteiger partial charge in [-0.25, -0.2) is 0 Å². The third kappa shape index (κ3) is 7.76. The van der Waals surface area contributed by atoms with Crippen molar-refractivity contribution in [2.24, 2.45) is 0 Å². The van der Waals surface area contributed by atoms with Crippen LogP contribution >= 0.6 is 23.5 Å². The second-order valence-electron chi connectivity index (χ2n) is 8.34. The van der Waals surface area contributed by atoms with Crippen LogP contribution in [0.25, 0.3) is 11.1 Å². The van der Waals surface area contributed by atoms with E-state index >= 15 is 0 Å². The molecule has 37 heavy (non-hydrogen) atoms.